The first-order valence-electron chi connectivity index (χ1n) is 9.36. The number of nitrogens with zero attached hydrogens (tertiary/aromatic N) is 3. The third-order valence-corrected chi connectivity index (χ3v) is 11.5. The van der Waals surface area contributed by atoms with Crippen LogP contribution >= 0.6 is 10.0 Å². The Hall–Kier alpha value is -1.42. The van der Waals surface area contributed by atoms with Crippen LogP contribution in [0.2, 0.25) is 0 Å². The van der Waals surface area contributed by atoms with Crippen molar-refractivity contribution in [1.82, 2.24) is 13.3 Å². The Kier molecular flexibility index (Phi) is 6.59. The number of rotatable bonds is 6. The summed E-state index contributed by atoms with van der Waals surface area (Å²) in [5.74, 6) is -0.536. The fourth-order valence-electron chi connectivity index (χ4n) is 2.79. The predicted octanol–water partition coefficient (Wildman–Crippen LogP) is 3.54. The Morgan fingerprint density at radius 2 is 1.83 bits per heavy atom. The Labute approximate surface area is 175 Å². The molecule has 0 aliphatic carbocycles. The van der Waals surface area contributed by atoms with Crippen molar-refractivity contribution in [2.45, 2.75) is 50.1 Å². The van der Waals surface area contributed by atoms with Gasteiger partial charge in [0.15, 0.2) is 5.16 Å². The molecule has 1 heterocycles. The van der Waals surface area contributed by atoms with Gasteiger partial charge in [-0.1, -0.05) is 39.8 Å². The molecule has 29 heavy (non-hydrogen) atoms. The van der Waals surface area contributed by atoms with Crippen molar-refractivity contribution in [2.24, 2.45) is 0 Å². The molecule has 0 bridgehead atoms. The van der Waals surface area contributed by atoms with E-state index in [-0.39, 0.29) is 16.0 Å². The number of imidazole rings is 1. The second kappa shape index (κ2) is 8.02. The standard InChI is InChI=1S/C20H32FN3O3S2/c1-9-14-11-10-12-15(21)17(14)18(25)16-13-24(29(26,27)23(5)6)19(22-16)28(7,8)20(2,3)4/h10-13,18,25H,9H2,1-8H3. The molecule has 1 atom stereocenters. The molecule has 0 saturated heterocycles. The summed E-state index contributed by atoms with van der Waals surface area (Å²) >= 11 is 0. The zero-order valence-electron chi connectivity index (χ0n) is 18.4. The Balaban J connectivity index is 2.78. The van der Waals surface area contributed by atoms with Crippen molar-refractivity contribution in [3.63, 3.8) is 0 Å². The van der Waals surface area contributed by atoms with Gasteiger partial charge < -0.3 is 5.11 Å². The molecule has 6 nitrogen and oxygen atoms in total. The minimum Gasteiger partial charge on any atom is -0.382 e. The van der Waals surface area contributed by atoms with Gasteiger partial charge in [0.05, 0.1) is 5.69 Å². The first kappa shape index (κ1) is 23.9. The molecular weight excluding hydrogens is 413 g/mol. The van der Waals surface area contributed by atoms with Gasteiger partial charge in [0, 0.05) is 25.9 Å². The lowest BCUT2D eigenvalue weighted by molar-refractivity contribution is 0.209. The second-order valence-corrected chi connectivity index (χ2v) is 14.8. The van der Waals surface area contributed by atoms with Gasteiger partial charge in [0.25, 0.3) is 0 Å². The van der Waals surface area contributed by atoms with Crippen LogP contribution in [0, 0.1) is 5.82 Å². The molecule has 0 saturated carbocycles. The average Bonchev–Trinajstić information content (AvgIpc) is 3.06. The lowest BCUT2D eigenvalue weighted by atomic mass is 9.98. The largest absolute Gasteiger partial charge is 0.382 e. The minimum absolute atomic E-state index is 0.120. The molecule has 9 heteroatoms. The third kappa shape index (κ3) is 4.23. The van der Waals surface area contributed by atoms with E-state index in [1.54, 1.807) is 12.1 Å². The van der Waals surface area contributed by atoms with Gasteiger partial charge in [-0.3, -0.25) is 0 Å². The number of hydrogen-bond donors (Lipinski definition) is 1. The van der Waals surface area contributed by atoms with Gasteiger partial charge in [-0.25, -0.2) is 13.3 Å². The number of aliphatic hydroxyl groups excluding tert-OH is 1. The summed E-state index contributed by atoms with van der Waals surface area (Å²) in [4.78, 5) is 4.57. The number of hydrogen-bond acceptors (Lipinski definition) is 4. The van der Waals surface area contributed by atoms with E-state index in [0.29, 0.717) is 17.1 Å². The van der Waals surface area contributed by atoms with Crippen LogP contribution in [0.1, 0.15) is 50.6 Å². The average molecular weight is 446 g/mol. The Morgan fingerprint density at radius 1 is 1.24 bits per heavy atom. The number of benzene rings is 1. The molecule has 0 aliphatic rings. The van der Waals surface area contributed by atoms with E-state index in [2.05, 4.69) is 4.98 Å². The third-order valence-electron chi connectivity index (χ3n) is 5.44. The van der Waals surface area contributed by atoms with Crippen LogP contribution in [0.25, 0.3) is 0 Å². The highest BCUT2D eigenvalue weighted by Crippen LogP contribution is 2.59. The highest BCUT2D eigenvalue weighted by molar-refractivity contribution is 8.33. The number of aliphatic hydroxyl groups is 1. The smallest absolute Gasteiger partial charge is 0.309 e. The number of aryl methyl sites for hydroxylation is 1. The lowest BCUT2D eigenvalue weighted by Gasteiger charge is -2.43. The summed E-state index contributed by atoms with van der Waals surface area (Å²) in [5.41, 5.74) is 0.915. The SMILES string of the molecule is CCc1cccc(F)c1C(O)c1cn(S(=O)(=O)N(C)C)c(S(C)(C)C(C)(C)C)n1. The van der Waals surface area contributed by atoms with E-state index in [4.69, 9.17) is 0 Å². The summed E-state index contributed by atoms with van der Waals surface area (Å²) in [7, 11) is -2.68. The van der Waals surface area contributed by atoms with Crippen LogP contribution in [-0.2, 0) is 16.6 Å². The maximum absolute atomic E-state index is 14.6. The van der Waals surface area contributed by atoms with Crippen molar-refractivity contribution in [1.29, 1.82) is 0 Å². The van der Waals surface area contributed by atoms with E-state index >= 15 is 0 Å². The first-order valence-corrected chi connectivity index (χ1v) is 13.2. The molecule has 0 spiro atoms. The zero-order valence-corrected chi connectivity index (χ0v) is 20.0. The molecule has 164 valence electrons. The van der Waals surface area contributed by atoms with E-state index in [1.807, 2.05) is 40.2 Å². The second-order valence-electron chi connectivity index (χ2n) is 8.54. The van der Waals surface area contributed by atoms with Crippen molar-refractivity contribution in [3.8, 4) is 0 Å². The van der Waals surface area contributed by atoms with Gasteiger partial charge in [-0.15, -0.1) is 0 Å². The van der Waals surface area contributed by atoms with Crippen LogP contribution in [-0.4, -0.2) is 58.1 Å². The van der Waals surface area contributed by atoms with Gasteiger partial charge in [0.2, 0.25) is 0 Å². The predicted molar refractivity (Wildman–Crippen MR) is 118 cm³/mol. The summed E-state index contributed by atoms with van der Waals surface area (Å²) in [6, 6.07) is 4.63. The molecule has 1 aromatic carbocycles. The summed E-state index contributed by atoms with van der Waals surface area (Å²) in [6.07, 6.45) is 4.48. The summed E-state index contributed by atoms with van der Waals surface area (Å²) < 4.78 is 42.5. The van der Waals surface area contributed by atoms with Crippen molar-refractivity contribution >= 4 is 20.2 Å². The molecule has 0 radical (unpaired) electrons. The van der Waals surface area contributed by atoms with Gasteiger partial charge >= 0.3 is 10.2 Å². The normalized spacial score (nSPS) is 15.0. The summed E-state index contributed by atoms with van der Waals surface area (Å²) in [6.45, 7) is 7.97. The van der Waals surface area contributed by atoms with Crippen molar-refractivity contribution < 1.29 is 17.9 Å². The van der Waals surface area contributed by atoms with Crippen LogP contribution < -0.4 is 0 Å². The maximum atomic E-state index is 14.6. The number of halogens is 1. The quantitative estimate of drug-likeness (QED) is 0.738. The molecule has 1 N–H and O–H groups in total. The van der Waals surface area contributed by atoms with Crippen LogP contribution in [0.4, 0.5) is 4.39 Å². The van der Waals surface area contributed by atoms with Crippen molar-refractivity contribution in [3.05, 3.63) is 47.0 Å². The topological polar surface area (TPSA) is 75.4 Å². The highest BCUT2D eigenvalue weighted by atomic mass is 32.3. The lowest BCUT2D eigenvalue weighted by Crippen LogP contribution is -2.33. The fourth-order valence-corrected chi connectivity index (χ4v) is 5.85. The summed E-state index contributed by atoms with van der Waals surface area (Å²) in [5, 5.41) is 11.4. The van der Waals surface area contributed by atoms with E-state index in [1.165, 1.54) is 26.4 Å². The molecule has 2 aromatic rings. The van der Waals surface area contributed by atoms with Crippen LogP contribution in [0.3, 0.4) is 0 Å². The van der Waals surface area contributed by atoms with Gasteiger partial charge in [-0.2, -0.15) is 22.8 Å². The molecule has 0 amide bonds. The molecule has 0 aliphatic heterocycles. The van der Waals surface area contributed by atoms with Gasteiger partial charge in [-0.05, 0) is 35.3 Å². The van der Waals surface area contributed by atoms with E-state index < -0.39 is 32.2 Å². The molecule has 2 rings (SSSR count). The Bertz CT molecular complexity index is 993. The first-order chi connectivity index (χ1) is 13.2. The Morgan fingerprint density at radius 3 is 2.31 bits per heavy atom. The monoisotopic (exact) mass is 445 g/mol. The molecule has 1 unspecified atom stereocenters. The molecular formula is C20H32FN3O3S2. The highest BCUT2D eigenvalue weighted by Gasteiger charge is 2.38. The van der Waals surface area contributed by atoms with E-state index in [9.17, 15) is 17.9 Å². The van der Waals surface area contributed by atoms with Crippen LogP contribution in [0.15, 0.2) is 29.6 Å². The van der Waals surface area contributed by atoms with Crippen LogP contribution in [0.5, 0.6) is 0 Å². The van der Waals surface area contributed by atoms with Gasteiger partial charge in [0.1, 0.15) is 11.9 Å². The molecule has 0 fully saturated rings. The number of aromatic nitrogens is 2. The van der Waals surface area contributed by atoms with E-state index in [0.717, 1.165) is 8.28 Å². The van der Waals surface area contributed by atoms with Crippen molar-refractivity contribution in [2.75, 3.05) is 26.6 Å². The zero-order chi connectivity index (χ0) is 22.4. The minimum atomic E-state index is -3.87. The molecule has 1 aromatic heterocycles. The fraction of sp³-hybridized carbons (Fsp3) is 0.550. The maximum Gasteiger partial charge on any atom is 0.309 e.